The lowest BCUT2D eigenvalue weighted by atomic mass is 9.82. The fraction of sp³-hybridized carbons (Fsp3) is 0.600. The summed E-state index contributed by atoms with van der Waals surface area (Å²) in [4.78, 5) is 34.0. The SMILES string of the molecule is CC(C)c1ncc(Cl)c(C(=O)N2CCCC(C)(C(=O)O)C2)n1. The van der Waals surface area contributed by atoms with E-state index < -0.39 is 11.4 Å². The van der Waals surface area contributed by atoms with Gasteiger partial charge in [0.2, 0.25) is 0 Å². The van der Waals surface area contributed by atoms with E-state index in [1.54, 1.807) is 6.92 Å². The average molecular weight is 326 g/mol. The third kappa shape index (κ3) is 3.21. The minimum Gasteiger partial charge on any atom is -0.481 e. The fourth-order valence-electron chi connectivity index (χ4n) is 2.55. The normalized spacial score (nSPS) is 22.0. The Hall–Kier alpha value is -1.69. The van der Waals surface area contributed by atoms with Crippen molar-refractivity contribution >= 4 is 23.5 Å². The summed E-state index contributed by atoms with van der Waals surface area (Å²) in [6, 6.07) is 0. The van der Waals surface area contributed by atoms with Gasteiger partial charge in [-0.3, -0.25) is 9.59 Å². The molecule has 1 N–H and O–H groups in total. The molecule has 120 valence electrons. The van der Waals surface area contributed by atoms with Gasteiger partial charge in [-0.2, -0.15) is 0 Å². The topological polar surface area (TPSA) is 83.4 Å². The van der Waals surface area contributed by atoms with Gasteiger partial charge in [0.1, 0.15) is 5.82 Å². The highest BCUT2D eigenvalue weighted by Gasteiger charge is 2.40. The van der Waals surface area contributed by atoms with E-state index >= 15 is 0 Å². The van der Waals surface area contributed by atoms with Gasteiger partial charge in [0.05, 0.1) is 16.6 Å². The Kier molecular flexibility index (Phi) is 4.70. The summed E-state index contributed by atoms with van der Waals surface area (Å²) in [6.07, 6.45) is 2.63. The summed E-state index contributed by atoms with van der Waals surface area (Å²) < 4.78 is 0. The van der Waals surface area contributed by atoms with Crippen LogP contribution in [0.4, 0.5) is 0 Å². The van der Waals surface area contributed by atoms with E-state index in [9.17, 15) is 14.7 Å². The average Bonchev–Trinajstić information content (AvgIpc) is 2.46. The Morgan fingerprint density at radius 3 is 2.73 bits per heavy atom. The molecule has 0 spiro atoms. The van der Waals surface area contributed by atoms with Crippen molar-refractivity contribution in [3.8, 4) is 0 Å². The van der Waals surface area contributed by atoms with Gasteiger partial charge in [0, 0.05) is 19.0 Å². The van der Waals surface area contributed by atoms with Crippen molar-refractivity contribution in [2.24, 2.45) is 5.41 Å². The molecule has 0 bridgehead atoms. The zero-order valence-electron chi connectivity index (χ0n) is 13.0. The van der Waals surface area contributed by atoms with Gasteiger partial charge in [-0.1, -0.05) is 25.4 Å². The zero-order chi connectivity index (χ0) is 16.5. The van der Waals surface area contributed by atoms with Gasteiger partial charge in [-0.25, -0.2) is 9.97 Å². The van der Waals surface area contributed by atoms with Crippen LogP contribution in [0.5, 0.6) is 0 Å². The number of rotatable bonds is 3. The fourth-order valence-corrected chi connectivity index (χ4v) is 2.72. The Balaban J connectivity index is 2.28. The third-order valence-electron chi connectivity index (χ3n) is 3.98. The molecule has 1 fully saturated rings. The number of aromatic nitrogens is 2. The molecule has 1 saturated heterocycles. The molecule has 1 amide bonds. The smallest absolute Gasteiger partial charge is 0.311 e. The number of nitrogens with zero attached hydrogens (tertiary/aromatic N) is 3. The summed E-state index contributed by atoms with van der Waals surface area (Å²) in [7, 11) is 0. The number of carbonyl (C=O) groups excluding carboxylic acids is 1. The van der Waals surface area contributed by atoms with Gasteiger partial charge in [-0.05, 0) is 19.8 Å². The summed E-state index contributed by atoms with van der Waals surface area (Å²) in [5.74, 6) is -0.594. The van der Waals surface area contributed by atoms with Crippen LogP contribution in [0.15, 0.2) is 6.20 Å². The summed E-state index contributed by atoms with van der Waals surface area (Å²) in [5.41, 5.74) is -0.774. The van der Waals surface area contributed by atoms with Crippen molar-refractivity contribution in [2.45, 2.75) is 39.5 Å². The Labute approximate surface area is 134 Å². The second kappa shape index (κ2) is 6.20. The molecule has 1 aromatic rings. The van der Waals surface area contributed by atoms with Crippen LogP contribution in [-0.4, -0.2) is 44.9 Å². The molecule has 1 aliphatic rings. The lowest BCUT2D eigenvalue weighted by Crippen LogP contribution is -2.48. The number of hydrogen-bond acceptors (Lipinski definition) is 4. The maximum atomic E-state index is 12.7. The van der Waals surface area contributed by atoms with Gasteiger partial charge in [0.15, 0.2) is 5.69 Å². The molecule has 1 aromatic heterocycles. The molecule has 0 saturated carbocycles. The van der Waals surface area contributed by atoms with Crippen LogP contribution in [0.3, 0.4) is 0 Å². The number of carboxylic acids is 1. The molecule has 1 atom stereocenters. The lowest BCUT2D eigenvalue weighted by molar-refractivity contribution is -0.150. The first-order valence-corrected chi connectivity index (χ1v) is 7.67. The molecule has 0 aromatic carbocycles. The number of hydrogen-bond donors (Lipinski definition) is 1. The molecular weight excluding hydrogens is 306 g/mol. The van der Waals surface area contributed by atoms with Crippen LogP contribution in [0.25, 0.3) is 0 Å². The van der Waals surface area contributed by atoms with Crippen molar-refractivity contribution in [1.29, 1.82) is 0 Å². The van der Waals surface area contributed by atoms with Crippen molar-refractivity contribution in [1.82, 2.24) is 14.9 Å². The summed E-state index contributed by atoms with van der Waals surface area (Å²) in [5, 5.41) is 9.54. The lowest BCUT2D eigenvalue weighted by Gasteiger charge is -2.37. The van der Waals surface area contributed by atoms with E-state index in [2.05, 4.69) is 9.97 Å². The molecule has 0 aliphatic carbocycles. The van der Waals surface area contributed by atoms with E-state index in [0.29, 0.717) is 25.2 Å². The number of halogens is 1. The molecule has 1 unspecified atom stereocenters. The second-order valence-electron chi connectivity index (χ2n) is 6.28. The molecular formula is C15H20ClN3O3. The van der Waals surface area contributed by atoms with Gasteiger partial charge in [0.25, 0.3) is 5.91 Å². The Morgan fingerprint density at radius 1 is 1.45 bits per heavy atom. The van der Waals surface area contributed by atoms with E-state index in [-0.39, 0.29) is 29.1 Å². The first-order valence-electron chi connectivity index (χ1n) is 7.30. The highest BCUT2D eigenvalue weighted by atomic mass is 35.5. The Morgan fingerprint density at radius 2 is 2.14 bits per heavy atom. The van der Waals surface area contributed by atoms with E-state index in [1.165, 1.54) is 11.1 Å². The van der Waals surface area contributed by atoms with Crippen LogP contribution < -0.4 is 0 Å². The quantitative estimate of drug-likeness (QED) is 0.923. The summed E-state index contributed by atoms with van der Waals surface area (Å²) in [6.45, 7) is 6.20. The third-order valence-corrected chi connectivity index (χ3v) is 4.26. The predicted molar refractivity (Wildman–Crippen MR) is 82.0 cm³/mol. The minimum absolute atomic E-state index is 0.0782. The van der Waals surface area contributed by atoms with Crippen LogP contribution in [-0.2, 0) is 4.79 Å². The Bertz CT molecular complexity index is 606. The zero-order valence-corrected chi connectivity index (χ0v) is 13.7. The number of aliphatic carboxylic acids is 1. The molecule has 2 rings (SSSR count). The highest BCUT2D eigenvalue weighted by molar-refractivity contribution is 6.33. The highest BCUT2D eigenvalue weighted by Crippen LogP contribution is 2.31. The number of piperidine rings is 1. The van der Waals surface area contributed by atoms with Crippen molar-refractivity contribution in [3.63, 3.8) is 0 Å². The van der Waals surface area contributed by atoms with E-state index in [1.807, 2.05) is 13.8 Å². The minimum atomic E-state index is -0.922. The number of amides is 1. The maximum Gasteiger partial charge on any atom is 0.311 e. The number of likely N-dealkylation sites (tertiary alicyclic amines) is 1. The van der Waals surface area contributed by atoms with Crippen LogP contribution in [0.1, 0.15) is 55.8 Å². The number of carboxylic acid groups (broad SMARTS) is 1. The second-order valence-corrected chi connectivity index (χ2v) is 6.68. The molecule has 7 heteroatoms. The molecule has 0 radical (unpaired) electrons. The van der Waals surface area contributed by atoms with Crippen LogP contribution >= 0.6 is 11.6 Å². The number of carbonyl (C=O) groups is 2. The van der Waals surface area contributed by atoms with Crippen LogP contribution in [0, 0.1) is 5.41 Å². The van der Waals surface area contributed by atoms with E-state index in [4.69, 9.17) is 11.6 Å². The molecule has 6 nitrogen and oxygen atoms in total. The first kappa shape index (κ1) is 16.7. The van der Waals surface area contributed by atoms with E-state index in [0.717, 1.165) is 0 Å². The van der Waals surface area contributed by atoms with Gasteiger partial charge >= 0.3 is 5.97 Å². The van der Waals surface area contributed by atoms with Crippen molar-refractivity contribution in [2.75, 3.05) is 13.1 Å². The summed E-state index contributed by atoms with van der Waals surface area (Å²) >= 11 is 6.06. The molecule has 1 aliphatic heterocycles. The van der Waals surface area contributed by atoms with Crippen molar-refractivity contribution < 1.29 is 14.7 Å². The molecule has 2 heterocycles. The monoisotopic (exact) mass is 325 g/mol. The van der Waals surface area contributed by atoms with Gasteiger partial charge < -0.3 is 10.0 Å². The maximum absolute atomic E-state index is 12.7. The molecule has 22 heavy (non-hydrogen) atoms. The predicted octanol–water partition coefficient (Wildman–Crippen LogP) is 2.58. The standard InChI is InChI=1S/C15H20ClN3O3/c1-9(2)12-17-7-10(16)11(18-12)13(20)19-6-4-5-15(3,8-19)14(21)22/h7,9H,4-6,8H2,1-3H3,(H,21,22). The van der Waals surface area contributed by atoms with Crippen LogP contribution in [0.2, 0.25) is 5.02 Å². The van der Waals surface area contributed by atoms with Gasteiger partial charge in [-0.15, -0.1) is 0 Å². The first-order chi connectivity index (χ1) is 10.2. The van der Waals surface area contributed by atoms with Crippen molar-refractivity contribution in [3.05, 3.63) is 22.7 Å². The largest absolute Gasteiger partial charge is 0.481 e.